The molecule has 0 saturated carbocycles. The van der Waals surface area contributed by atoms with Gasteiger partial charge >= 0.3 is 0 Å². The second kappa shape index (κ2) is 9.46. The van der Waals surface area contributed by atoms with E-state index in [9.17, 15) is 19.7 Å². The van der Waals surface area contributed by atoms with Crippen LogP contribution in [0.4, 0.5) is 5.69 Å². The quantitative estimate of drug-likeness (QED) is 0.537. The lowest BCUT2D eigenvalue weighted by molar-refractivity contribution is -0.385. The van der Waals surface area contributed by atoms with Crippen LogP contribution in [0, 0.1) is 17.0 Å². The highest BCUT2D eigenvalue weighted by Gasteiger charge is 2.32. The molecule has 9 nitrogen and oxygen atoms in total. The Hall–Kier alpha value is -3.62. The maximum atomic E-state index is 12.9. The minimum absolute atomic E-state index is 0.0558. The lowest BCUT2D eigenvalue weighted by Crippen LogP contribution is -2.40. The van der Waals surface area contributed by atoms with Crippen molar-refractivity contribution in [3.05, 3.63) is 63.2 Å². The number of hydrogen-bond donors (Lipinski definition) is 1. The molecule has 2 aromatic rings. The Bertz CT molecular complexity index is 1010. The van der Waals surface area contributed by atoms with Gasteiger partial charge < -0.3 is 19.7 Å². The van der Waals surface area contributed by atoms with E-state index < -0.39 is 10.8 Å². The fourth-order valence-electron chi connectivity index (χ4n) is 3.85. The minimum Gasteiger partial charge on any atom is -0.497 e. The van der Waals surface area contributed by atoms with Crippen molar-refractivity contribution in [3.8, 4) is 11.5 Å². The smallest absolute Gasteiger partial charge is 0.272 e. The predicted octanol–water partition coefficient (Wildman–Crippen LogP) is 3.01. The predicted molar refractivity (Wildman–Crippen MR) is 113 cm³/mol. The highest BCUT2D eigenvalue weighted by Crippen LogP contribution is 2.38. The fourth-order valence-corrected chi connectivity index (χ4v) is 3.85. The summed E-state index contributed by atoms with van der Waals surface area (Å²) in [5.74, 6) is 0.688. The summed E-state index contributed by atoms with van der Waals surface area (Å²) in [4.78, 5) is 37.5. The Labute approximate surface area is 180 Å². The van der Waals surface area contributed by atoms with Crippen LogP contribution in [0.3, 0.4) is 0 Å². The van der Waals surface area contributed by atoms with Gasteiger partial charge in [0.15, 0.2) is 0 Å². The van der Waals surface area contributed by atoms with Gasteiger partial charge in [0, 0.05) is 29.3 Å². The molecule has 31 heavy (non-hydrogen) atoms. The van der Waals surface area contributed by atoms with Crippen molar-refractivity contribution in [3.63, 3.8) is 0 Å². The first-order chi connectivity index (χ1) is 14.8. The SMILES string of the molecule is COc1ccc(OC)c([C@@H]2CCCN2C(=O)CNC(=O)c2ccc([N+](=O)[O-])c(C)c2)c1. The van der Waals surface area contributed by atoms with Crippen LogP contribution in [-0.4, -0.2) is 48.9 Å². The van der Waals surface area contributed by atoms with Crippen LogP contribution in [0.5, 0.6) is 11.5 Å². The average molecular weight is 427 g/mol. The molecule has 1 atom stereocenters. The number of nitrogens with zero attached hydrogens (tertiary/aromatic N) is 2. The van der Waals surface area contributed by atoms with Crippen molar-refractivity contribution in [2.24, 2.45) is 0 Å². The number of nitro groups is 1. The van der Waals surface area contributed by atoms with Crippen LogP contribution in [0.15, 0.2) is 36.4 Å². The molecule has 9 heteroatoms. The van der Waals surface area contributed by atoms with Crippen molar-refractivity contribution >= 4 is 17.5 Å². The first-order valence-electron chi connectivity index (χ1n) is 9.90. The number of benzene rings is 2. The van der Waals surface area contributed by atoms with E-state index in [1.807, 2.05) is 12.1 Å². The molecule has 0 radical (unpaired) electrons. The summed E-state index contributed by atoms with van der Waals surface area (Å²) >= 11 is 0. The van der Waals surface area contributed by atoms with Crippen LogP contribution in [0.25, 0.3) is 0 Å². The third-order valence-corrected chi connectivity index (χ3v) is 5.42. The molecular formula is C22H25N3O6. The van der Waals surface area contributed by atoms with Gasteiger partial charge in [0.25, 0.3) is 11.6 Å². The van der Waals surface area contributed by atoms with E-state index in [1.54, 1.807) is 32.1 Å². The Balaban J connectivity index is 1.70. The molecule has 1 heterocycles. The van der Waals surface area contributed by atoms with Gasteiger partial charge in [-0.3, -0.25) is 19.7 Å². The molecule has 2 amide bonds. The van der Waals surface area contributed by atoms with E-state index in [-0.39, 0.29) is 29.7 Å². The molecule has 2 aromatic carbocycles. The zero-order valence-electron chi connectivity index (χ0n) is 17.7. The van der Waals surface area contributed by atoms with Crippen LogP contribution < -0.4 is 14.8 Å². The largest absolute Gasteiger partial charge is 0.497 e. The van der Waals surface area contributed by atoms with Gasteiger partial charge in [0.2, 0.25) is 5.91 Å². The topological polar surface area (TPSA) is 111 Å². The summed E-state index contributed by atoms with van der Waals surface area (Å²) in [6, 6.07) is 9.42. The summed E-state index contributed by atoms with van der Waals surface area (Å²) in [6.45, 7) is 1.98. The average Bonchev–Trinajstić information content (AvgIpc) is 3.26. The Kier molecular flexibility index (Phi) is 6.74. The fraction of sp³-hybridized carbons (Fsp3) is 0.364. The molecule has 0 aromatic heterocycles. The summed E-state index contributed by atoms with van der Waals surface area (Å²) in [5.41, 5.74) is 1.46. The van der Waals surface area contributed by atoms with Gasteiger partial charge in [-0.15, -0.1) is 0 Å². The summed E-state index contributed by atoms with van der Waals surface area (Å²) in [5, 5.41) is 13.6. The normalized spacial score (nSPS) is 15.5. The zero-order valence-corrected chi connectivity index (χ0v) is 17.7. The highest BCUT2D eigenvalue weighted by atomic mass is 16.6. The second-order valence-electron chi connectivity index (χ2n) is 7.29. The van der Waals surface area contributed by atoms with Gasteiger partial charge in [-0.25, -0.2) is 0 Å². The van der Waals surface area contributed by atoms with Crippen molar-refractivity contribution < 1.29 is 24.0 Å². The zero-order chi connectivity index (χ0) is 22.5. The molecule has 1 saturated heterocycles. The van der Waals surface area contributed by atoms with E-state index in [1.165, 1.54) is 18.2 Å². The number of methoxy groups -OCH3 is 2. The van der Waals surface area contributed by atoms with Crippen LogP contribution in [0.2, 0.25) is 0 Å². The third-order valence-electron chi connectivity index (χ3n) is 5.42. The Morgan fingerprint density at radius 1 is 1.19 bits per heavy atom. The number of likely N-dealkylation sites (tertiary alicyclic amines) is 1. The van der Waals surface area contributed by atoms with Gasteiger partial charge in [0.05, 0.1) is 31.7 Å². The summed E-state index contributed by atoms with van der Waals surface area (Å²) in [6.07, 6.45) is 1.62. The third kappa shape index (κ3) is 4.76. The maximum Gasteiger partial charge on any atom is 0.272 e. The number of rotatable bonds is 7. The van der Waals surface area contributed by atoms with Crippen LogP contribution in [0.1, 0.15) is 40.4 Å². The Morgan fingerprint density at radius 3 is 2.61 bits per heavy atom. The highest BCUT2D eigenvalue weighted by molar-refractivity contribution is 5.97. The maximum absolute atomic E-state index is 12.9. The molecule has 1 aliphatic heterocycles. The molecule has 1 N–H and O–H groups in total. The van der Waals surface area contributed by atoms with Crippen molar-refractivity contribution in [2.75, 3.05) is 27.3 Å². The van der Waals surface area contributed by atoms with Crippen molar-refractivity contribution in [1.29, 1.82) is 0 Å². The number of nitro benzene ring substituents is 1. The molecule has 0 unspecified atom stereocenters. The number of ether oxygens (including phenoxy) is 2. The van der Waals surface area contributed by atoms with Crippen LogP contribution >= 0.6 is 0 Å². The number of hydrogen-bond acceptors (Lipinski definition) is 6. The van der Waals surface area contributed by atoms with E-state index in [4.69, 9.17) is 9.47 Å². The standard InChI is InChI=1S/C22H25N3O6/c1-14-11-15(6-8-18(14)25(28)29)22(27)23-13-21(26)24-10-4-5-19(24)17-12-16(30-2)7-9-20(17)31-3/h6-9,11-12,19H,4-5,10,13H2,1-3H3,(H,23,27)/t19-/m0/s1. The molecular weight excluding hydrogens is 402 g/mol. The van der Waals surface area contributed by atoms with E-state index in [0.717, 1.165) is 18.4 Å². The molecule has 0 bridgehead atoms. The number of nitrogens with one attached hydrogen (secondary N) is 1. The van der Waals surface area contributed by atoms with Gasteiger partial charge in [-0.2, -0.15) is 0 Å². The summed E-state index contributed by atoms with van der Waals surface area (Å²) in [7, 11) is 3.16. The molecule has 1 aliphatic rings. The summed E-state index contributed by atoms with van der Waals surface area (Å²) < 4.78 is 10.8. The van der Waals surface area contributed by atoms with Gasteiger partial charge in [-0.1, -0.05) is 0 Å². The lowest BCUT2D eigenvalue weighted by atomic mass is 10.0. The van der Waals surface area contributed by atoms with Gasteiger partial charge in [0.1, 0.15) is 11.5 Å². The monoisotopic (exact) mass is 427 g/mol. The minimum atomic E-state index is -0.499. The number of aryl methyl sites for hydroxylation is 1. The van der Waals surface area contributed by atoms with Crippen molar-refractivity contribution in [1.82, 2.24) is 10.2 Å². The number of amides is 2. The first kappa shape index (κ1) is 22.1. The molecule has 0 aliphatic carbocycles. The number of carbonyl (C=O) groups is 2. The lowest BCUT2D eigenvalue weighted by Gasteiger charge is -2.27. The molecule has 0 spiro atoms. The second-order valence-corrected chi connectivity index (χ2v) is 7.29. The molecule has 164 valence electrons. The first-order valence-corrected chi connectivity index (χ1v) is 9.90. The van der Waals surface area contributed by atoms with Gasteiger partial charge in [-0.05, 0) is 50.1 Å². The molecule has 3 rings (SSSR count). The van der Waals surface area contributed by atoms with E-state index >= 15 is 0 Å². The molecule has 1 fully saturated rings. The van der Waals surface area contributed by atoms with Crippen LogP contribution in [-0.2, 0) is 4.79 Å². The van der Waals surface area contributed by atoms with E-state index in [2.05, 4.69) is 5.32 Å². The Morgan fingerprint density at radius 2 is 1.97 bits per heavy atom. The van der Waals surface area contributed by atoms with Crippen molar-refractivity contribution in [2.45, 2.75) is 25.8 Å². The number of carbonyl (C=O) groups excluding carboxylic acids is 2. The van der Waals surface area contributed by atoms with E-state index in [0.29, 0.717) is 23.6 Å².